The molecule has 1 aliphatic heterocycles. The van der Waals surface area contributed by atoms with Crippen molar-refractivity contribution >= 4 is 0 Å². The van der Waals surface area contributed by atoms with Gasteiger partial charge in [0.25, 0.3) is 0 Å². The van der Waals surface area contributed by atoms with E-state index < -0.39 is 0 Å². The lowest BCUT2D eigenvalue weighted by atomic mass is 9.88. The first-order valence-corrected chi connectivity index (χ1v) is 8.99. The van der Waals surface area contributed by atoms with Crippen molar-refractivity contribution in [2.24, 2.45) is 5.92 Å². The monoisotopic (exact) mass is 329 g/mol. The minimum Gasteiger partial charge on any atom is -0.457 e. The Morgan fingerprint density at radius 2 is 1.52 bits per heavy atom. The molecule has 126 valence electrons. The molecule has 2 unspecified atom stereocenters. The Balaban J connectivity index is 1.51. The molecule has 1 N–H and O–H groups in total. The maximum atomic E-state index is 6.00. The van der Waals surface area contributed by atoms with Gasteiger partial charge in [-0.3, -0.25) is 0 Å². The Morgan fingerprint density at radius 3 is 2.32 bits per heavy atom. The summed E-state index contributed by atoms with van der Waals surface area (Å²) in [6.07, 6.45) is 2.33. The topological polar surface area (TPSA) is 21.3 Å². The molecule has 0 spiro atoms. The minimum absolute atomic E-state index is 0.388. The van der Waals surface area contributed by atoms with Crippen LogP contribution in [-0.4, -0.2) is 6.54 Å². The highest BCUT2D eigenvalue weighted by Crippen LogP contribution is 2.34. The zero-order valence-corrected chi connectivity index (χ0v) is 14.3. The van der Waals surface area contributed by atoms with E-state index in [2.05, 4.69) is 53.8 Å². The molecule has 2 heteroatoms. The molecule has 4 rings (SSSR count). The van der Waals surface area contributed by atoms with Gasteiger partial charge in [0.1, 0.15) is 11.5 Å². The number of hydrogen-bond acceptors (Lipinski definition) is 2. The minimum atomic E-state index is 0.388. The first-order chi connectivity index (χ1) is 12.4. The number of hydrogen-bond donors (Lipinski definition) is 1. The fraction of sp³-hybridized carbons (Fsp3) is 0.217. The molecule has 2 atom stereocenters. The fourth-order valence-corrected chi connectivity index (χ4v) is 3.68. The molecule has 3 aromatic rings. The Kier molecular flexibility index (Phi) is 4.80. The van der Waals surface area contributed by atoms with Crippen molar-refractivity contribution in [1.82, 2.24) is 5.32 Å². The van der Waals surface area contributed by atoms with E-state index in [1.165, 1.54) is 17.5 Å². The van der Waals surface area contributed by atoms with Crippen molar-refractivity contribution in [2.45, 2.75) is 18.9 Å². The summed E-state index contributed by atoms with van der Waals surface area (Å²) in [5.74, 6) is 2.39. The van der Waals surface area contributed by atoms with E-state index in [9.17, 15) is 0 Å². The van der Waals surface area contributed by atoms with Crippen LogP contribution in [0.2, 0.25) is 0 Å². The highest BCUT2D eigenvalue weighted by molar-refractivity contribution is 5.36. The maximum absolute atomic E-state index is 6.00. The first kappa shape index (κ1) is 15.9. The van der Waals surface area contributed by atoms with Gasteiger partial charge in [0, 0.05) is 6.04 Å². The molecule has 25 heavy (non-hydrogen) atoms. The van der Waals surface area contributed by atoms with E-state index in [1.807, 2.05) is 36.4 Å². The van der Waals surface area contributed by atoms with Crippen LogP contribution in [0.15, 0.2) is 84.9 Å². The highest BCUT2D eigenvalue weighted by Gasteiger charge is 2.28. The summed E-state index contributed by atoms with van der Waals surface area (Å²) in [6.45, 7) is 1.08. The molecule has 2 nitrogen and oxygen atoms in total. The lowest BCUT2D eigenvalue weighted by molar-refractivity contribution is 0.452. The van der Waals surface area contributed by atoms with Gasteiger partial charge in [-0.15, -0.1) is 0 Å². The molecule has 3 aromatic carbocycles. The number of benzene rings is 3. The molecule has 1 saturated heterocycles. The number of nitrogens with one attached hydrogen (secondary N) is 1. The normalized spacial score (nSPS) is 19.7. The molecule has 1 aliphatic rings. The van der Waals surface area contributed by atoms with E-state index in [0.29, 0.717) is 12.0 Å². The second-order valence-corrected chi connectivity index (χ2v) is 6.66. The summed E-state index contributed by atoms with van der Waals surface area (Å²) in [7, 11) is 0. The Labute approximate surface area is 149 Å². The van der Waals surface area contributed by atoms with Crippen LogP contribution in [0.25, 0.3) is 0 Å². The summed E-state index contributed by atoms with van der Waals surface area (Å²) in [6, 6.07) is 29.6. The van der Waals surface area contributed by atoms with Gasteiger partial charge in [-0.25, -0.2) is 0 Å². The summed E-state index contributed by atoms with van der Waals surface area (Å²) in [5, 5.41) is 3.68. The number of para-hydroxylation sites is 1. The van der Waals surface area contributed by atoms with Gasteiger partial charge in [0.2, 0.25) is 0 Å². The Morgan fingerprint density at radius 1 is 0.800 bits per heavy atom. The second kappa shape index (κ2) is 7.54. The van der Waals surface area contributed by atoms with E-state index >= 15 is 0 Å². The summed E-state index contributed by atoms with van der Waals surface area (Å²) in [4.78, 5) is 0. The molecular formula is C23H23NO. The van der Waals surface area contributed by atoms with Crippen molar-refractivity contribution in [3.63, 3.8) is 0 Å². The van der Waals surface area contributed by atoms with Crippen LogP contribution in [0.4, 0.5) is 0 Å². The fourth-order valence-electron chi connectivity index (χ4n) is 3.68. The predicted molar refractivity (Wildman–Crippen MR) is 102 cm³/mol. The zero-order valence-electron chi connectivity index (χ0n) is 14.3. The van der Waals surface area contributed by atoms with Gasteiger partial charge in [-0.1, -0.05) is 60.7 Å². The smallest absolute Gasteiger partial charge is 0.127 e. The SMILES string of the molecule is c1ccc(CC2CCNC2c2cccc(Oc3ccccc3)c2)cc1. The molecule has 0 saturated carbocycles. The molecule has 1 heterocycles. The first-order valence-electron chi connectivity index (χ1n) is 8.99. The van der Waals surface area contributed by atoms with Crippen molar-refractivity contribution in [1.29, 1.82) is 0 Å². The molecule has 1 fully saturated rings. The Hall–Kier alpha value is -2.58. The van der Waals surface area contributed by atoms with E-state index in [4.69, 9.17) is 4.74 Å². The van der Waals surface area contributed by atoms with Gasteiger partial charge in [0.15, 0.2) is 0 Å². The molecular weight excluding hydrogens is 306 g/mol. The largest absolute Gasteiger partial charge is 0.457 e. The number of ether oxygens (including phenoxy) is 1. The average Bonchev–Trinajstić information content (AvgIpc) is 3.12. The molecule has 0 aliphatic carbocycles. The van der Waals surface area contributed by atoms with Crippen LogP contribution < -0.4 is 10.1 Å². The standard InChI is InChI=1S/C23H23NO/c1-3-8-18(9-4-1)16-20-14-15-24-23(20)19-10-7-13-22(17-19)25-21-11-5-2-6-12-21/h1-13,17,20,23-24H,14-16H2. The van der Waals surface area contributed by atoms with Crippen molar-refractivity contribution in [3.8, 4) is 11.5 Å². The summed E-state index contributed by atoms with van der Waals surface area (Å²) in [5.41, 5.74) is 2.73. The molecule has 0 radical (unpaired) electrons. The van der Waals surface area contributed by atoms with Crippen LogP contribution in [0, 0.1) is 5.92 Å². The predicted octanol–water partition coefficient (Wildman–Crippen LogP) is 5.37. The van der Waals surface area contributed by atoms with E-state index in [0.717, 1.165) is 24.5 Å². The third-order valence-corrected chi connectivity index (χ3v) is 4.89. The third kappa shape index (κ3) is 3.92. The zero-order chi connectivity index (χ0) is 16.9. The van der Waals surface area contributed by atoms with Crippen LogP contribution >= 0.6 is 0 Å². The van der Waals surface area contributed by atoms with Crippen LogP contribution in [0.1, 0.15) is 23.6 Å². The van der Waals surface area contributed by atoms with Crippen LogP contribution in [-0.2, 0) is 6.42 Å². The van der Waals surface area contributed by atoms with Gasteiger partial charge >= 0.3 is 0 Å². The molecule has 0 bridgehead atoms. The molecule has 0 amide bonds. The van der Waals surface area contributed by atoms with Crippen LogP contribution in [0.5, 0.6) is 11.5 Å². The number of rotatable bonds is 5. The average molecular weight is 329 g/mol. The van der Waals surface area contributed by atoms with Gasteiger partial charge in [-0.05, 0) is 60.7 Å². The summed E-state index contributed by atoms with van der Waals surface area (Å²) >= 11 is 0. The lowest BCUT2D eigenvalue weighted by Crippen LogP contribution is -2.19. The van der Waals surface area contributed by atoms with Gasteiger partial charge in [0.05, 0.1) is 0 Å². The second-order valence-electron chi connectivity index (χ2n) is 6.66. The van der Waals surface area contributed by atoms with Crippen LogP contribution in [0.3, 0.4) is 0 Å². The maximum Gasteiger partial charge on any atom is 0.127 e. The van der Waals surface area contributed by atoms with Crippen molar-refractivity contribution in [2.75, 3.05) is 6.54 Å². The quantitative estimate of drug-likeness (QED) is 0.679. The summed E-state index contributed by atoms with van der Waals surface area (Å²) < 4.78 is 6.00. The third-order valence-electron chi connectivity index (χ3n) is 4.89. The van der Waals surface area contributed by atoms with E-state index in [1.54, 1.807) is 0 Å². The van der Waals surface area contributed by atoms with Crippen molar-refractivity contribution < 1.29 is 4.74 Å². The van der Waals surface area contributed by atoms with Gasteiger partial charge < -0.3 is 10.1 Å². The Bertz CT molecular complexity index is 801. The van der Waals surface area contributed by atoms with Gasteiger partial charge in [-0.2, -0.15) is 0 Å². The van der Waals surface area contributed by atoms with E-state index in [-0.39, 0.29) is 0 Å². The highest BCUT2D eigenvalue weighted by atomic mass is 16.5. The van der Waals surface area contributed by atoms with Crippen molar-refractivity contribution in [3.05, 3.63) is 96.1 Å². The molecule has 0 aromatic heterocycles. The lowest BCUT2D eigenvalue weighted by Gasteiger charge is -2.21.